The van der Waals surface area contributed by atoms with Gasteiger partial charge in [0.1, 0.15) is 0 Å². The second-order valence-electron chi connectivity index (χ2n) is 6.64. The van der Waals surface area contributed by atoms with Gasteiger partial charge in [0.2, 0.25) is 0 Å². The zero-order chi connectivity index (χ0) is 14.6. The lowest BCUT2D eigenvalue weighted by atomic mass is 9.82. The minimum Gasteiger partial charge on any atom is -0.481 e. The van der Waals surface area contributed by atoms with E-state index in [-0.39, 0.29) is 0 Å². The Morgan fingerprint density at radius 1 is 0.842 bits per heavy atom. The van der Waals surface area contributed by atoms with Crippen LogP contribution < -0.4 is 0 Å². The van der Waals surface area contributed by atoms with Crippen molar-refractivity contribution < 1.29 is 9.90 Å². The third kappa shape index (κ3) is 13.7. The van der Waals surface area contributed by atoms with Crippen LogP contribution in [0.4, 0.5) is 0 Å². The average Bonchev–Trinajstić information content (AvgIpc) is 2.33. The molecule has 0 radical (unpaired) electrons. The molecule has 0 rings (SSSR count). The van der Waals surface area contributed by atoms with Crippen LogP contribution in [0.5, 0.6) is 0 Å². The number of unbranched alkanes of at least 4 members (excludes halogenated alkanes) is 7. The van der Waals surface area contributed by atoms with Crippen molar-refractivity contribution in [3.63, 3.8) is 0 Å². The van der Waals surface area contributed by atoms with E-state index in [0.717, 1.165) is 12.8 Å². The fourth-order valence-electron chi connectivity index (χ4n) is 2.57. The third-order valence-electron chi connectivity index (χ3n) is 3.95. The summed E-state index contributed by atoms with van der Waals surface area (Å²) in [4.78, 5) is 10.4. The van der Waals surface area contributed by atoms with Crippen LogP contribution in [0.2, 0.25) is 0 Å². The summed E-state index contributed by atoms with van der Waals surface area (Å²) in [5.74, 6) is -0.659. The molecule has 0 atom stereocenters. The minimum atomic E-state index is -0.659. The van der Waals surface area contributed by atoms with Gasteiger partial charge in [-0.25, -0.2) is 0 Å². The third-order valence-corrected chi connectivity index (χ3v) is 3.95. The largest absolute Gasteiger partial charge is 0.481 e. The first-order valence-corrected chi connectivity index (χ1v) is 8.20. The molecule has 19 heavy (non-hydrogen) atoms. The summed E-state index contributed by atoms with van der Waals surface area (Å²) in [6, 6.07) is 0. The smallest absolute Gasteiger partial charge is 0.303 e. The Bertz CT molecular complexity index is 221. The lowest BCUT2D eigenvalue weighted by Gasteiger charge is -2.24. The summed E-state index contributed by atoms with van der Waals surface area (Å²) in [7, 11) is 0. The Balaban J connectivity index is 3.39. The highest BCUT2D eigenvalue weighted by Crippen LogP contribution is 2.30. The Labute approximate surface area is 120 Å². The van der Waals surface area contributed by atoms with Gasteiger partial charge in [-0.15, -0.1) is 0 Å². The molecule has 2 nitrogen and oxygen atoms in total. The number of carboxylic acid groups (broad SMARTS) is 1. The van der Waals surface area contributed by atoms with Crippen molar-refractivity contribution in [3.8, 4) is 0 Å². The standard InChI is InChI=1S/C17H34O2/c1-4-5-6-11-14-17(2,3)15-12-9-7-8-10-13-16(18)19/h4-15H2,1-3H3,(H,18,19). The quantitative estimate of drug-likeness (QED) is 0.429. The normalized spacial score (nSPS) is 11.7. The SMILES string of the molecule is CCCCCCC(C)(C)CCCCCCCC(=O)O. The number of hydrogen-bond acceptors (Lipinski definition) is 1. The van der Waals surface area contributed by atoms with Crippen LogP contribution in [0.15, 0.2) is 0 Å². The topological polar surface area (TPSA) is 37.3 Å². The van der Waals surface area contributed by atoms with Crippen LogP contribution in [-0.4, -0.2) is 11.1 Å². The molecule has 0 saturated heterocycles. The summed E-state index contributed by atoms with van der Waals surface area (Å²) in [5.41, 5.74) is 0.495. The summed E-state index contributed by atoms with van der Waals surface area (Å²) in [6.45, 7) is 7.04. The second-order valence-corrected chi connectivity index (χ2v) is 6.64. The predicted octanol–water partition coefficient (Wildman–Crippen LogP) is 5.80. The highest BCUT2D eigenvalue weighted by atomic mass is 16.4. The fourth-order valence-corrected chi connectivity index (χ4v) is 2.57. The molecule has 0 aliphatic carbocycles. The first-order chi connectivity index (χ1) is 8.98. The summed E-state index contributed by atoms with van der Waals surface area (Å²) >= 11 is 0. The van der Waals surface area contributed by atoms with Crippen molar-refractivity contribution >= 4 is 5.97 Å². The van der Waals surface area contributed by atoms with Gasteiger partial charge in [-0.2, -0.15) is 0 Å². The van der Waals surface area contributed by atoms with Crippen molar-refractivity contribution in [1.29, 1.82) is 0 Å². The Kier molecular flexibility index (Phi) is 11.0. The molecule has 0 bridgehead atoms. The number of carbonyl (C=O) groups is 1. The van der Waals surface area contributed by atoms with Gasteiger partial charge >= 0.3 is 5.97 Å². The first-order valence-electron chi connectivity index (χ1n) is 8.20. The summed E-state index contributed by atoms with van der Waals surface area (Å²) in [6.07, 6.45) is 14.1. The highest BCUT2D eigenvalue weighted by Gasteiger charge is 2.16. The van der Waals surface area contributed by atoms with E-state index in [1.165, 1.54) is 57.8 Å². The summed E-state index contributed by atoms with van der Waals surface area (Å²) < 4.78 is 0. The first kappa shape index (κ1) is 18.5. The Morgan fingerprint density at radius 2 is 1.32 bits per heavy atom. The minimum absolute atomic E-state index is 0.336. The van der Waals surface area contributed by atoms with Gasteiger partial charge < -0.3 is 5.11 Å². The van der Waals surface area contributed by atoms with Crippen molar-refractivity contribution in [2.24, 2.45) is 5.41 Å². The Morgan fingerprint density at radius 3 is 1.84 bits per heavy atom. The molecule has 114 valence electrons. The monoisotopic (exact) mass is 270 g/mol. The summed E-state index contributed by atoms with van der Waals surface area (Å²) in [5, 5.41) is 8.54. The number of aliphatic carboxylic acids is 1. The number of carboxylic acids is 1. The van der Waals surface area contributed by atoms with Gasteiger partial charge in [-0.1, -0.05) is 72.1 Å². The zero-order valence-corrected chi connectivity index (χ0v) is 13.3. The second kappa shape index (κ2) is 11.3. The maximum Gasteiger partial charge on any atom is 0.303 e. The molecular formula is C17H34O2. The Hall–Kier alpha value is -0.530. The van der Waals surface area contributed by atoms with Gasteiger partial charge in [0.25, 0.3) is 0 Å². The van der Waals surface area contributed by atoms with Crippen LogP contribution in [0, 0.1) is 5.41 Å². The van der Waals surface area contributed by atoms with Gasteiger partial charge in [0.05, 0.1) is 0 Å². The van der Waals surface area contributed by atoms with Crippen LogP contribution in [0.3, 0.4) is 0 Å². The van der Waals surface area contributed by atoms with Crippen molar-refractivity contribution in [1.82, 2.24) is 0 Å². The maximum atomic E-state index is 10.4. The van der Waals surface area contributed by atoms with E-state index in [4.69, 9.17) is 5.11 Å². The zero-order valence-electron chi connectivity index (χ0n) is 13.3. The van der Waals surface area contributed by atoms with E-state index in [1.54, 1.807) is 0 Å². The highest BCUT2D eigenvalue weighted by molar-refractivity contribution is 5.66. The van der Waals surface area contributed by atoms with Crippen LogP contribution >= 0.6 is 0 Å². The number of hydrogen-bond donors (Lipinski definition) is 1. The van der Waals surface area contributed by atoms with Gasteiger partial charge in [0, 0.05) is 6.42 Å². The van der Waals surface area contributed by atoms with E-state index in [2.05, 4.69) is 20.8 Å². The van der Waals surface area contributed by atoms with Crippen molar-refractivity contribution in [3.05, 3.63) is 0 Å². The molecule has 2 heteroatoms. The molecule has 0 heterocycles. The van der Waals surface area contributed by atoms with E-state index in [0.29, 0.717) is 11.8 Å². The van der Waals surface area contributed by atoms with E-state index in [9.17, 15) is 4.79 Å². The van der Waals surface area contributed by atoms with Crippen LogP contribution in [0.25, 0.3) is 0 Å². The van der Waals surface area contributed by atoms with E-state index in [1.807, 2.05) is 0 Å². The molecule has 0 amide bonds. The predicted molar refractivity (Wildman–Crippen MR) is 82.5 cm³/mol. The molecule has 0 aliphatic rings. The molecule has 0 aromatic rings. The van der Waals surface area contributed by atoms with Crippen LogP contribution in [0.1, 0.15) is 97.8 Å². The number of rotatable bonds is 13. The van der Waals surface area contributed by atoms with E-state index >= 15 is 0 Å². The van der Waals surface area contributed by atoms with Gasteiger partial charge in [-0.05, 0) is 24.7 Å². The maximum absolute atomic E-state index is 10.4. The van der Waals surface area contributed by atoms with E-state index < -0.39 is 5.97 Å². The average molecular weight is 270 g/mol. The molecule has 0 spiro atoms. The lowest BCUT2D eigenvalue weighted by Crippen LogP contribution is -2.11. The lowest BCUT2D eigenvalue weighted by molar-refractivity contribution is -0.137. The molecule has 0 unspecified atom stereocenters. The molecule has 0 saturated carbocycles. The van der Waals surface area contributed by atoms with Crippen LogP contribution in [-0.2, 0) is 4.79 Å². The molecule has 0 aromatic heterocycles. The van der Waals surface area contributed by atoms with Crippen molar-refractivity contribution in [2.75, 3.05) is 0 Å². The van der Waals surface area contributed by atoms with Crippen molar-refractivity contribution in [2.45, 2.75) is 97.8 Å². The molecule has 0 fully saturated rings. The van der Waals surface area contributed by atoms with Gasteiger partial charge in [0.15, 0.2) is 0 Å². The molecule has 1 N–H and O–H groups in total. The molecule has 0 aromatic carbocycles. The molecular weight excluding hydrogens is 236 g/mol. The van der Waals surface area contributed by atoms with Gasteiger partial charge in [-0.3, -0.25) is 4.79 Å². The molecule has 0 aliphatic heterocycles. The fraction of sp³-hybridized carbons (Fsp3) is 0.941.